The number of anilines is 1. The van der Waals surface area contributed by atoms with Gasteiger partial charge in [-0.25, -0.2) is 15.0 Å². The fraction of sp³-hybridized carbons (Fsp3) is 0.364. The van der Waals surface area contributed by atoms with Crippen LogP contribution in [0.4, 0.5) is 5.82 Å². The van der Waals surface area contributed by atoms with E-state index in [4.69, 9.17) is 11.6 Å². The predicted molar refractivity (Wildman–Crippen MR) is 172 cm³/mol. The average molecular weight is 627 g/mol. The summed E-state index contributed by atoms with van der Waals surface area (Å²) in [6.07, 6.45) is 7.97. The van der Waals surface area contributed by atoms with Gasteiger partial charge in [0.2, 0.25) is 11.8 Å². The quantitative estimate of drug-likeness (QED) is 0.171. The van der Waals surface area contributed by atoms with E-state index in [0.717, 1.165) is 22.3 Å². The summed E-state index contributed by atoms with van der Waals surface area (Å²) in [7, 11) is 3.86. The largest absolute Gasteiger partial charge is 0.322 e. The topological polar surface area (TPSA) is 126 Å². The number of hydrogen-bond donors (Lipinski definition) is 1. The summed E-state index contributed by atoms with van der Waals surface area (Å²) in [4.78, 5) is 57.3. The number of aryl methyl sites for hydroxylation is 2. The fourth-order valence-electron chi connectivity index (χ4n) is 6.43. The summed E-state index contributed by atoms with van der Waals surface area (Å²) in [5, 5.41) is 8.49. The van der Waals surface area contributed by atoms with Gasteiger partial charge < -0.3 is 15.1 Å². The normalized spacial score (nSPS) is 20.4. The van der Waals surface area contributed by atoms with Crippen LogP contribution in [0.25, 0.3) is 22.0 Å². The summed E-state index contributed by atoms with van der Waals surface area (Å²) in [5.41, 5.74) is 3.96. The van der Waals surface area contributed by atoms with E-state index in [2.05, 4.69) is 38.4 Å². The molecule has 4 aromatic rings. The Bertz CT molecular complexity index is 1880. The Morgan fingerprint density at radius 3 is 2.49 bits per heavy atom. The smallest absolute Gasteiger partial charge is 0.248 e. The highest BCUT2D eigenvalue weighted by molar-refractivity contribution is 6.29. The molecule has 45 heavy (non-hydrogen) atoms. The van der Waals surface area contributed by atoms with Crippen LogP contribution in [0.5, 0.6) is 0 Å². The van der Waals surface area contributed by atoms with Crippen molar-refractivity contribution in [3.8, 4) is 11.1 Å². The minimum absolute atomic E-state index is 0.136. The van der Waals surface area contributed by atoms with Crippen LogP contribution in [0.1, 0.15) is 47.7 Å². The van der Waals surface area contributed by atoms with Gasteiger partial charge in [0.05, 0.1) is 11.6 Å². The molecule has 4 heterocycles. The van der Waals surface area contributed by atoms with E-state index in [-0.39, 0.29) is 46.4 Å². The third kappa shape index (κ3) is 5.62. The molecule has 1 aliphatic heterocycles. The molecule has 1 aliphatic carbocycles. The Labute approximate surface area is 266 Å². The maximum Gasteiger partial charge on any atom is 0.248 e. The minimum Gasteiger partial charge on any atom is -0.322 e. The Kier molecular flexibility index (Phi) is 7.78. The highest BCUT2D eigenvalue weighted by Crippen LogP contribution is 2.49. The number of halogens is 1. The van der Waals surface area contributed by atoms with Crippen LogP contribution in [-0.4, -0.2) is 78.3 Å². The Balaban J connectivity index is 1.32. The summed E-state index contributed by atoms with van der Waals surface area (Å²) < 4.78 is 1.58. The number of rotatable bonds is 8. The van der Waals surface area contributed by atoms with E-state index in [9.17, 15) is 14.4 Å². The van der Waals surface area contributed by atoms with Crippen molar-refractivity contribution in [1.29, 1.82) is 0 Å². The number of nitrogens with one attached hydrogen (secondary N) is 1. The van der Waals surface area contributed by atoms with Crippen molar-refractivity contribution in [2.75, 3.05) is 19.4 Å². The predicted octanol–water partition coefficient (Wildman–Crippen LogP) is 4.61. The number of fused-ring (bicyclic) bond motifs is 2. The molecule has 2 amide bonds. The minimum atomic E-state index is -0.737. The average Bonchev–Trinajstić information content (AvgIpc) is 3.43. The van der Waals surface area contributed by atoms with Gasteiger partial charge >= 0.3 is 0 Å². The van der Waals surface area contributed by atoms with Crippen molar-refractivity contribution in [3.05, 3.63) is 76.6 Å². The number of amides is 2. The molecule has 0 saturated carbocycles. The molecule has 12 heteroatoms. The van der Waals surface area contributed by atoms with Gasteiger partial charge in [0.15, 0.2) is 5.78 Å². The Morgan fingerprint density at radius 1 is 1.11 bits per heavy atom. The van der Waals surface area contributed by atoms with Crippen molar-refractivity contribution in [1.82, 2.24) is 34.5 Å². The molecule has 1 aromatic carbocycles. The third-order valence-electron chi connectivity index (χ3n) is 8.63. The number of ketones is 1. The molecule has 1 fully saturated rings. The van der Waals surface area contributed by atoms with Crippen molar-refractivity contribution in [2.24, 2.45) is 5.41 Å². The number of benzene rings is 1. The lowest BCUT2D eigenvalue weighted by Crippen LogP contribution is -2.50. The molecular formula is C33H35ClN8O3. The number of carbonyl (C=O) groups is 3. The van der Waals surface area contributed by atoms with Gasteiger partial charge in [-0.1, -0.05) is 36.7 Å². The third-order valence-corrected chi connectivity index (χ3v) is 8.84. The SMILES string of the molecule is CC(=O)c1nn(CC(=O)N2[C@H](C(=O)Nc3nc(Cl)ccc3CN(C)C)C[C@@]3(C)C=C[C@@H]23)c2c(C)cc(-c3cnc(C)nc3)cc12. The summed E-state index contributed by atoms with van der Waals surface area (Å²) in [5.74, 6) is 0.234. The maximum absolute atomic E-state index is 14.1. The molecule has 232 valence electrons. The van der Waals surface area contributed by atoms with Crippen LogP contribution < -0.4 is 5.32 Å². The first-order chi connectivity index (χ1) is 21.3. The lowest BCUT2D eigenvalue weighted by Gasteiger charge is -2.38. The highest BCUT2D eigenvalue weighted by Gasteiger charge is 2.55. The number of aromatic nitrogens is 5. The first-order valence-corrected chi connectivity index (χ1v) is 15.1. The number of pyridine rings is 1. The second-order valence-electron chi connectivity index (χ2n) is 12.5. The molecular weight excluding hydrogens is 592 g/mol. The Hall–Kier alpha value is -4.48. The monoisotopic (exact) mass is 626 g/mol. The fourth-order valence-corrected chi connectivity index (χ4v) is 6.57. The number of nitrogens with zero attached hydrogens (tertiary/aromatic N) is 7. The van der Waals surface area contributed by atoms with E-state index >= 15 is 0 Å². The standard InChI is InChI=1S/C33H35ClN8O3/c1-18-11-22(23-14-35-20(3)36-15-23)12-24-29(19(2)43)39-41(30(18)24)17-28(44)42-25(13-33(4)10-9-26(33)42)32(45)38-31-21(16-40(5)6)7-8-27(34)37-31/h7-12,14-15,25-26H,13,16-17H2,1-6H3,(H,37,38,45)/t25-,26+,33+/m0/s1. The van der Waals surface area contributed by atoms with E-state index in [1.807, 2.05) is 57.1 Å². The molecule has 0 spiro atoms. The van der Waals surface area contributed by atoms with Crippen LogP contribution >= 0.6 is 11.6 Å². The van der Waals surface area contributed by atoms with Crippen LogP contribution in [0.2, 0.25) is 5.15 Å². The maximum atomic E-state index is 14.1. The van der Waals surface area contributed by atoms with Crippen LogP contribution in [-0.2, 0) is 22.7 Å². The molecule has 0 radical (unpaired) electrons. The second kappa shape index (κ2) is 11.5. The number of hydrogen-bond acceptors (Lipinski definition) is 8. The first kappa shape index (κ1) is 30.5. The zero-order valence-corrected chi connectivity index (χ0v) is 26.9. The molecule has 6 rings (SSSR count). The second-order valence-corrected chi connectivity index (χ2v) is 12.9. The van der Waals surface area contributed by atoms with Gasteiger partial charge in [0, 0.05) is 47.8 Å². The lowest BCUT2D eigenvalue weighted by molar-refractivity contribution is -0.139. The van der Waals surface area contributed by atoms with Gasteiger partial charge in [-0.05, 0) is 63.7 Å². The van der Waals surface area contributed by atoms with Crippen LogP contribution in [0, 0.1) is 19.3 Å². The van der Waals surface area contributed by atoms with E-state index in [1.54, 1.807) is 28.0 Å². The summed E-state index contributed by atoms with van der Waals surface area (Å²) in [6, 6.07) is 6.42. The summed E-state index contributed by atoms with van der Waals surface area (Å²) in [6.45, 7) is 7.68. The molecule has 0 bridgehead atoms. The van der Waals surface area contributed by atoms with Gasteiger partial charge in [0.1, 0.15) is 35.1 Å². The zero-order chi connectivity index (χ0) is 32.2. The van der Waals surface area contributed by atoms with Gasteiger partial charge in [-0.3, -0.25) is 19.1 Å². The Morgan fingerprint density at radius 2 is 1.84 bits per heavy atom. The number of likely N-dealkylation sites (tertiary alicyclic amines) is 1. The highest BCUT2D eigenvalue weighted by atomic mass is 35.5. The van der Waals surface area contributed by atoms with E-state index in [1.165, 1.54) is 6.92 Å². The van der Waals surface area contributed by atoms with Crippen molar-refractivity contribution < 1.29 is 14.4 Å². The van der Waals surface area contributed by atoms with Crippen LogP contribution in [0.3, 0.4) is 0 Å². The van der Waals surface area contributed by atoms with E-state index < -0.39 is 6.04 Å². The molecule has 0 unspecified atom stereocenters. The van der Waals surface area contributed by atoms with Gasteiger partial charge in [0.25, 0.3) is 0 Å². The van der Waals surface area contributed by atoms with Crippen molar-refractivity contribution >= 4 is 45.9 Å². The van der Waals surface area contributed by atoms with Crippen LogP contribution in [0.15, 0.2) is 48.8 Å². The van der Waals surface area contributed by atoms with Gasteiger partial charge in [-0.15, -0.1) is 0 Å². The molecule has 2 aliphatic rings. The lowest BCUT2D eigenvalue weighted by atomic mass is 9.73. The van der Waals surface area contributed by atoms with Crippen molar-refractivity contribution in [3.63, 3.8) is 0 Å². The number of carbonyl (C=O) groups excluding carboxylic acids is 3. The molecule has 11 nitrogen and oxygen atoms in total. The molecule has 3 atom stereocenters. The van der Waals surface area contributed by atoms with Crippen molar-refractivity contribution in [2.45, 2.75) is 59.3 Å². The zero-order valence-electron chi connectivity index (χ0n) is 26.1. The molecule has 3 aromatic heterocycles. The molecule has 1 N–H and O–H groups in total. The van der Waals surface area contributed by atoms with E-state index in [0.29, 0.717) is 35.5 Å². The summed E-state index contributed by atoms with van der Waals surface area (Å²) >= 11 is 6.19. The van der Waals surface area contributed by atoms with Gasteiger partial charge in [-0.2, -0.15) is 5.10 Å². The first-order valence-electron chi connectivity index (χ1n) is 14.8. The number of Topliss-reactive ketones (excluding diaryl/α,β-unsaturated/α-hetero) is 1. The molecule has 1 saturated heterocycles.